The van der Waals surface area contributed by atoms with Crippen LogP contribution in [0, 0.1) is 0 Å². The number of likely N-dealkylation sites (tertiary alicyclic amines) is 1. The van der Waals surface area contributed by atoms with Crippen molar-refractivity contribution in [1.82, 2.24) is 14.7 Å². The quantitative estimate of drug-likeness (QED) is 0.858. The van der Waals surface area contributed by atoms with Gasteiger partial charge in [0.05, 0.1) is 6.54 Å². The molecule has 0 spiro atoms. The largest absolute Gasteiger partial charge is 0.435 e. The lowest BCUT2D eigenvalue weighted by atomic mass is 10.0. The Morgan fingerprint density at radius 3 is 2.55 bits per heavy atom. The highest BCUT2D eigenvalue weighted by atomic mass is 19.4. The average molecular weight is 309 g/mol. The molecule has 0 aliphatic carbocycles. The van der Waals surface area contributed by atoms with Crippen molar-refractivity contribution in [2.75, 3.05) is 13.1 Å². The van der Waals surface area contributed by atoms with E-state index < -0.39 is 11.9 Å². The number of halogens is 3. The van der Waals surface area contributed by atoms with Crippen LogP contribution >= 0.6 is 0 Å². The number of hydrogen-bond acceptors (Lipinski definition) is 2. The van der Waals surface area contributed by atoms with Gasteiger partial charge in [0.2, 0.25) is 0 Å². The van der Waals surface area contributed by atoms with Gasteiger partial charge >= 0.3 is 6.18 Å². The molecule has 3 nitrogen and oxygen atoms in total. The van der Waals surface area contributed by atoms with Crippen molar-refractivity contribution < 1.29 is 13.2 Å². The van der Waals surface area contributed by atoms with Gasteiger partial charge in [0.15, 0.2) is 5.69 Å². The van der Waals surface area contributed by atoms with E-state index in [9.17, 15) is 13.2 Å². The Bertz CT molecular complexity index is 607. The van der Waals surface area contributed by atoms with Crippen LogP contribution < -0.4 is 0 Å². The van der Waals surface area contributed by atoms with Crippen molar-refractivity contribution in [1.29, 1.82) is 0 Å². The molecule has 0 saturated carbocycles. The summed E-state index contributed by atoms with van der Waals surface area (Å²) in [6, 6.07) is 11.6. The fraction of sp³-hybridized carbons (Fsp3) is 0.438. The van der Waals surface area contributed by atoms with E-state index in [-0.39, 0.29) is 0 Å². The third-order valence-corrected chi connectivity index (χ3v) is 4.10. The predicted octanol–water partition coefficient (Wildman–Crippen LogP) is 3.74. The van der Waals surface area contributed by atoms with Crippen LogP contribution in [-0.4, -0.2) is 27.8 Å². The first-order chi connectivity index (χ1) is 10.5. The molecule has 1 fully saturated rings. The molecule has 0 unspecified atom stereocenters. The Morgan fingerprint density at radius 2 is 1.86 bits per heavy atom. The molecule has 1 aromatic heterocycles. The lowest BCUT2D eigenvalue weighted by Crippen LogP contribution is -2.27. The molecule has 2 aromatic rings. The molecule has 1 aromatic carbocycles. The standard InChI is InChI=1S/C16H18F3N3/c17-16(18,19)15-8-10-22(20-15)12-11-21-9-4-7-14(21)13-5-2-1-3-6-13/h1-3,5-6,8,10,14H,4,7,9,11-12H2/t14-/m0/s1. The van der Waals surface area contributed by atoms with E-state index in [4.69, 9.17) is 0 Å². The van der Waals surface area contributed by atoms with Gasteiger partial charge in [-0.15, -0.1) is 0 Å². The van der Waals surface area contributed by atoms with Crippen LogP contribution in [0.1, 0.15) is 30.1 Å². The molecule has 1 atom stereocenters. The fourth-order valence-corrected chi connectivity index (χ4v) is 3.01. The van der Waals surface area contributed by atoms with Crippen LogP contribution in [0.2, 0.25) is 0 Å². The maximum Gasteiger partial charge on any atom is 0.435 e. The van der Waals surface area contributed by atoms with Crippen molar-refractivity contribution in [3.63, 3.8) is 0 Å². The van der Waals surface area contributed by atoms with Crippen molar-refractivity contribution >= 4 is 0 Å². The lowest BCUT2D eigenvalue weighted by molar-refractivity contribution is -0.141. The Labute approximate surface area is 127 Å². The Kier molecular flexibility index (Phi) is 4.20. The first kappa shape index (κ1) is 15.1. The van der Waals surface area contributed by atoms with Crippen LogP contribution in [0.5, 0.6) is 0 Å². The Balaban J connectivity index is 1.62. The lowest BCUT2D eigenvalue weighted by Gasteiger charge is -2.24. The van der Waals surface area contributed by atoms with E-state index >= 15 is 0 Å². The maximum absolute atomic E-state index is 12.5. The maximum atomic E-state index is 12.5. The number of aromatic nitrogens is 2. The van der Waals surface area contributed by atoms with Gasteiger partial charge in [-0.2, -0.15) is 18.3 Å². The second-order valence-electron chi connectivity index (χ2n) is 5.57. The van der Waals surface area contributed by atoms with E-state index in [1.807, 2.05) is 18.2 Å². The first-order valence-corrected chi connectivity index (χ1v) is 7.44. The molecule has 22 heavy (non-hydrogen) atoms. The molecular formula is C16H18F3N3. The summed E-state index contributed by atoms with van der Waals surface area (Å²) < 4.78 is 39.0. The summed E-state index contributed by atoms with van der Waals surface area (Å²) in [6.45, 7) is 2.16. The molecule has 0 N–H and O–H groups in total. The summed E-state index contributed by atoms with van der Waals surface area (Å²) in [6.07, 6.45) is -0.759. The molecule has 3 rings (SSSR count). The van der Waals surface area contributed by atoms with Gasteiger partial charge in [0.1, 0.15) is 0 Å². The molecule has 1 aliphatic rings. The Hall–Kier alpha value is -1.82. The van der Waals surface area contributed by atoms with E-state index in [1.165, 1.54) is 16.4 Å². The second kappa shape index (κ2) is 6.12. The van der Waals surface area contributed by atoms with Crippen LogP contribution in [0.15, 0.2) is 42.6 Å². The van der Waals surface area contributed by atoms with Gasteiger partial charge < -0.3 is 0 Å². The second-order valence-corrected chi connectivity index (χ2v) is 5.57. The van der Waals surface area contributed by atoms with Crippen LogP contribution in [0.25, 0.3) is 0 Å². The van der Waals surface area contributed by atoms with Crippen molar-refractivity contribution in [2.45, 2.75) is 31.6 Å². The number of hydrogen-bond donors (Lipinski definition) is 0. The van der Waals surface area contributed by atoms with Gasteiger partial charge in [-0.3, -0.25) is 9.58 Å². The molecule has 0 bridgehead atoms. The SMILES string of the molecule is FC(F)(F)c1ccn(CCN2CCC[C@H]2c2ccccc2)n1. The third kappa shape index (κ3) is 3.32. The highest BCUT2D eigenvalue weighted by molar-refractivity contribution is 5.19. The molecular weight excluding hydrogens is 291 g/mol. The normalized spacial score (nSPS) is 19.7. The van der Waals surface area contributed by atoms with E-state index in [0.29, 0.717) is 19.1 Å². The molecule has 118 valence electrons. The molecule has 6 heteroatoms. The number of nitrogens with zero attached hydrogens (tertiary/aromatic N) is 3. The summed E-state index contributed by atoms with van der Waals surface area (Å²) in [5, 5.41) is 3.61. The number of alkyl halides is 3. The van der Waals surface area contributed by atoms with E-state index in [2.05, 4.69) is 22.1 Å². The zero-order valence-electron chi connectivity index (χ0n) is 12.1. The molecule has 0 radical (unpaired) electrons. The molecule has 2 heterocycles. The van der Waals surface area contributed by atoms with E-state index in [0.717, 1.165) is 25.5 Å². The minimum absolute atomic E-state index is 0.360. The van der Waals surface area contributed by atoms with Gasteiger partial charge in [-0.25, -0.2) is 0 Å². The highest BCUT2D eigenvalue weighted by Crippen LogP contribution is 2.31. The van der Waals surface area contributed by atoms with Gasteiger partial charge in [0, 0.05) is 18.8 Å². The zero-order valence-corrected chi connectivity index (χ0v) is 12.1. The minimum Gasteiger partial charge on any atom is -0.294 e. The summed E-state index contributed by atoms with van der Waals surface area (Å²) in [5.74, 6) is 0. The third-order valence-electron chi connectivity index (χ3n) is 4.10. The summed E-state index contributed by atoms with van der Waals surface area (Å²) in [4.78, 5) is 2.32. The first-order valence-electron chi connectivity index (χ1n) is 7.44. The van der Waals surface area contributed by atoms with E-state index in [1.54, 1.807) is 0 Å². The number of benzene rings is 1. The van der Waals surface area contributed by atoms with Gasteiger partial charge in [0.25, 0.3) is 0 Å². The Morgan fingerprint density at radius 1 is 1.09 bits per heavy atom. The van der Waals surface area contributed by atoms with Crippen molar-refractivity contribution in [3.8, 4) is 0 Å². The molecule has 0 amide bonds. The van der Waals surface area contributed by atoms with Crippen molar-refractivity contribution in [2.24, 2.45) is 0 Å². The molecule has 1 saturated heterocycles. The summed E-state index contributed by atoms with van der Waals surface area (Å²) in [7, 11) is 0. The van der Waals surface area contributed by atoms with Crippen molar-refractivity contribution in [3.05, 3.63) is 53.9 Å². The number of rotatable bonds is 4. The van der Waals surface area contributed by atoms with Crippen LogP contribution in [-0.2, 0) is 12.7 Å². The molecule has 1 aliphatic heterocycles. The fourth-order valence-electron chi connectivity index (χ4n) is 3.01. The minimum atomic E-state index is -4.37. The zero-order chi connectivity index (χ0) is 15.6. The van der Waals surface area contributed by atoms with Crippen LogP contribution in [0.4, 0.5) is 13.2 Å². The highest BCUT2D eigenvalue weighted by Gasteiger charge is 2.33. The van der Waals surface area contributed by atoms with Crippen LogP contribution in [0.3, 0.4) is 0 Å². The summed E-state index contributed by atoms with van der Waals surface area (Å²) >= 11 is 0. The van der Waals surface area contributed by atoms with Gasteiger partial charge in [-0.05, 0) is 31.0 Å². The monoisotopic (exact) mass is 309 g/mol. The summed E-state index contributed by atoms with van der Waals surface area (Å²) in [5.41, 5.74) is 0.449. The smallest absolute Gasteiger partial charge is 0.294 e. The average Bonchev–Trinajstić information content (AvgIpc) is 3.14. The van der Waals surface area contributed by atoms with Gasteiger partial charge in [-0.1, -0.05) is 30.3 Å². The predicted molar refractivity (Wildman–Crippen MR) is 77.2 cm³/mol. The topological polar surface area (TPSA) is 21.1 Å².